The second kappa shape index (κ2) is 8.96. The van der Waals surface area contributed by atoms with Crippen LogP contribution in [0.2, 0.25) is 0 Å². The minimum atomic E-state index is 0.603. The number of aryl methyl sites for hydroxylation is 1. The van der Waals surface area contributed by atoms with Crippen LogP contribution in [0, 0.1) is 0 Å². The summed E-state index contributed by atoms with van der Waals surface area (Å²) in [4.78, 5) is 9.72. The molecular formula is C18H33N5. The molecule has 1 aliphatic heterocycles. The van der Waals surface area contributed by atoms with Gasteiger partial charge in [0.15, 0.2) is 5.96 Å². The van der Waals surface area contributed by atoms with Gasteiger partial charge in [-0.1, -0.05) is 13.3 Å². The molecule has 0 aromatic carbocycles. The molecule has 5 heteroatoms. The van der Waals surface area contributed by atoms with Crippen molar-refractivity contribution in [2.75, 3.05) is 33.2 Å². The predicted molar refractivity (Wildman–Crippen MR) is 97.7 cm³/mol. The van der Waals surface area contributed by atoms with E-state index >= 15 is 0 Å². The van der Waals surface area contributed by atoms with Gasteiger partial charge in [0.25, 0.3) is 0 Å². The molecule has 1 aromatic heterocycles. The molecule has 5 nitrogen and oxygen atoms in total. The number of likely N-dealkylation sites (N-methyl/N-ethyl adjacent to an activating group) is 1. The van der Waals surface area contributed by atoms with Gasteiger partial charge in [0.1, 0.15) is 0 Å². The van der Waals surface area contributed by atoms with Crippen molar-refractivity contribution in [3.05, 3.63) is 24.0 Å². The summed E-state index contributed by atoms with van der Waals surface area (Å²) < 4.78 is 2.17. The minimum absolute atomic E-state index is 0.603. The third kappa shape index (κ3) is 4.99. The summed E-state index contributed by atoms with van der Waals surface area (Å²) in [5, 5.41) is 3.43. The van der Waals surface area contributed by atoms with E-state index in [-0.39, 0.29) is 0 Å². The zero-order valence-electron chi connectivity index (χ0n) is 15.3. The lowest BCUT2D eigenvalue weighted by atomic mass is 10.0. The zero-order chi connectivity index (χ0) is 16.7. The highest BCUT2D eigenvalue weighted by Gasteiger charge is 2.20. The number of hydrogen-bond donors (Lipinski definition) is 1. The molecule has 0 bridgehead atoms. The van der Waals surface area contributed by atoms with E-state index in [0.717, 1.165) is 32.1 Å². The molecule has 130 valence electrons. The molecule has 0 spiro atoms. The molecule has 1 aliphatic rings. The quantitative estimate of drug-likeness (QED) is 0.645. The number of likely N-dealkylation sites (tertiary alicyclic amines) is 1. The Morgan fingerprint density at radius 1 is 1.39 bits per heavy atom. The lowest BCUT2D eigenvalue weighted by Crippen LogP contribution is -2.43. The van der Waals surface area contributed by atoms with Crippen molar-refractivity contribution in [3.63, 3.8) is 0 Å². The summed E-state index contributed by atoms with van der Waals surface area (Å²) in [6.07, 6.45) is 6.04. The van der Waals surface area contributed by atoms with Crippen LogP contribution in [0.4, 0.5) is 0 Å². The fraction of sp³-hybridized carbons (Fsp3) is 0.722. The molecular weight excluding hydrogens is 286 g/mol. The van der Waals surface area contributed by atoms with E-state index in [0.29, 0.717) is 6.04 Å². The third-order valence-electron chi connectivity index (χ3n) is 4.75. The van der Waals surface area contributed by atoms with Gasteiger partial charge in [0.2, 0.25) is 0 Å². The Hall–Kier alpha value is -1.49. The predicted octanol–water partition coefficient (Wildman–Crippen LogP) is 2.30. The minimum Gasteiger partial charge on any atom is -0.357 e. The molecule has 1 aromatic rings. The fourth-order valence-electron chi connectivity index (χ4n) is 3.32. The Labute approximate surface area is 141 Å². The van der Waals surface area contributed by atoms with Crippen molar-refractivity contribution in [2.45, 2.75) is 45.7 Å². The zero-order valence-corrected chi connectivity index (χ0v) is 15.3. The van der Waals surface area contributed by atoms with Gasteiger partial charge in [-0.3, -0.25) is 9.89 Å². The first-order chi connectivity index (χ1) is 11.2. The monoisotopic (exact) mass is 319 g/mol. The molecule has 0 saturated carbocycles. The summed E-state index contributed by atoms with van der Waals surface area (Å²) in [5.41, 5.74) is 1.30. The lowest BCUT2D eigenvalue weighted by Gasteiger charge is -2.34. The highest BCUT2D eigenvalue weighted by molar-refractivity contribution is 5.79. The van der Waals surface area contributed by atoms with Crippen molar-refractivity contribution in [3.8, 4) is 0 Å². The number of hydrogen-bond acceptors (Lipinski definition) is 2. The first-order valence-corrected chi connectivity index (χ1v) is 8.99. The SMILES string of the molecule is CCNC(=NCC1CCCCN1CC)N(C)Cc1cccn1C. The van der Waals surface area contributed by atoms with Crippen LogP contribution in [-0.2, 0) is 13.6 Å². The Morgan fingerprint density at radius 3 is 2.87 bits per heavy atom. The van der Waals surface area contributed by atoms with E-state index in [2.05, 4.69) is 66.0 Å². The number of piperidine rings is 1. The molecule has 1 fully saturated rings. The summed E-state index contributed by atoms with van der Waals surface area (Å²) in [7, 11) is 4.21. The van der Waals surface area contributed by atoms with Gasteiger partial charge < -0.3 is 14.8 Å². The molecule has 0 amide bonds. The van der Waals surface area contributed by atoms with Crippen molar-refractivity contribution < 1.29 is 0 Å². The molecule has 1 N–H and O–H groups in total. The largest absolute Gasteiger partial charge is 0.357 e. The van der Waals surface area contributed by atoms with Crippen LogP contribution in [0.1, 0.15) is 38.8 Å². The van der Waals surface area contributed by atoms with Crippen molar-refractivity contribution in [2.24, 2.45) is 12.0 Å². The average Bonchev–Trinajstić information content (AvgIpc) is 2.96. The first kappa shape index (κ1) is 17.9. The van der Waals surface area contributed by atoms with Gasteiger partial charge in [0, 0.05) is 38.6 Å². The van der Waals surface area contributed by atoms with Crippen LogP contribution >= 0.6 is 0 Å². The lowest BCUT2D eigenvalue weighted by molar-refractivity contribution is 0.161. The standard InChI is InChI=1S/C18H33N5/c1-5-19-18(22(4)15-17-11-9-12-21(17)3)20-14-16-10-7-8-13-23(16)6-2/h9,11-12,16H,5-8,10,13-15H2,1-4H3,(H,19,20). The number of aromatic nitrogens is 1. The van der Waals surface area contributed by atoms with Crippen LogP contribution < -0.4 is 5.32 Å². The Balaban J connectivity index is 1.99. The maximum Gasteiger partial charge on any atom is 0.194 e. The molecule has 0 radical (unpaired) electrons. The number of nitrogens with one attached hydrogen (secondary N) is 1. The number of aliphatic imine (C=N–C) groups is 1. The molecule has 1 saturated heterocycles. The summed E-state index contributed by atoms with van der Waals surface area (Å²) in [6, 6.07) is 4.86. The van der Waals surface area contributed by atoms with E-state index < -0.39 is 0 Å². The number of rotatable bonds is 6. The highest BCUT2D eigenvalue weighted by Crippen LogP contribution is 2.16. The van der Waals surface area contributed by atoms with Crippen LogP contribution in [0.3, 0.4) is 0 Å². The van der Waals surface area contributed by atoms with Gasteiger partial charge in [-0.15, -0.1) is 0 Å². The van der Waals surface area contributed by atoms with Crippen molar-refractivity contribution in [1.82, 2.24) is 19.7 Å². The van der Waals surface area contributed by atoms with E-state index in [9.17, 15) is 0 Å². The van der Waals surface area contributed by atoms with Crippen LogP contribution in [0.25, 0.3) is 0 Å². The van der Waals surface area contributed by atoms with Crippen molar-refractivity contribution in [1.29, 1.82) is 0 Å². The molecule has 1 unspecified atom stereocenters. The Kier molecular flexibility index (Phi) is 6.96. The third-order valence-corrected chi connectivity index (χ3v) is 4.75. The molecule has 2 rings (SSSR count). The van der Waals surface area contributed by atoms with Crippen molar-refractivity contribution >= 4 is 5.96 Å². The number of guanidine groups is 1. The second-order valence-electron chi connectivity index (χ2n) is 6.44. The molecule has 1 atom stereocenters. The average molecular weight is 319 g/mol. The van der Waals surface area contributed by atoms with E-state index in [4.69, 9.17) is 4.99 Å². The smallest absolute Gasteiger partial charge is 0.194 e. The Morgan fingerprint density at radius 2 is 2.22 bits per heavy atom. The van der Waals surface area contributed by atoms with Gasteiger partial charge >= 0.3 is 0 Å². The van der Waals surface area contributed by atoms with Gasteiger partial charge in [0.05, 0.1) is 13.1 Å². The maximum absolute atomic E-state index is 4.93. The summed E-state index contributed by atoms with van der Waals surface area (Å²) >= 11 is 0. The second-order valence-corrected chi connectivity index (χ2v) is 6.44. The molecule has 23 heavy (non-hydrogen) atoms. The summed E-state index contributed by atoms with van der Waals surface area (Å²) in [6.45, 7) is 9.42. The summed E-state index contributed by atoms with van der Waals surface area (Å²) in [5.74, 6) is 1.01. The first-order valence-electron chi connectivity index (χ1n) is 8.99. The van der Waals surface area contributed by atoms with Gasteiger partial charge in [-0.25, -0.2) is 0 Å². The maximum atomic E-state index is 4.93. The molecule has 0 aliphatic carbocycles. The van der Waals surface area contributed by atoms with Crippen LogP contribution in [0.5, 0.6) is 0 Å². The highest BCUT2D eigenvalue weighted by atomic mass is 15.3. The topological polar surface area (TPSA) is 35.8 Å². The van der Waals surface area contributed by atoms with Crippen LogP contribution in [0.15, 0.2) is 23.3 Å². The normalized spacial score (nSPS) is 19.8. The van der Waals surface area contributed by atoms with E-state index in [1.807, 2.05) is 0 Å². The van der Waals surface area contributed by atoms with E-state index in [1.54, 1.807) is 0 Å². The fourth-order valence-corrected chi connectivity index (χ4v) is 3.32. The van der Waals surface area contributed by atoms with Gasteiger partial charge in [-0.2, -0.15) is 0 Å². The number of nitrogens with zero attached hydrogens (tertiary/aromatic N) is 4. The van der Waals surface area contributed by atoms with Gasteiger partial charge in [-0.05, 0) is 45.0 Å². The molecule has 2 heterocycles. The van der Waals surface area contributed by atoms with Crippen LogP contribution in [-0.4, -0.2) is 59.6 Å². The van der Waals surface area contributed by atoms with E-state index in [1.165, 1.54) is 31.5 Å². The Bertz CT molecular complexity index is 493.